The quantitative estimate of drug-likeness (QED) is 0.876. The number of nitrogens with one attached hydrogen (secondary N) is 1. The van der Waals surface area contributed by atoms with Crippen LogP contribution >= 0.6 is 11.6 Å². The molecule has 1 aromatic rings. The Balaban J connectivity index is 1.80. The summed E-state index contributed by atoms with van der Waals surface area (Å²) in [5.41, 5.74) is 2.26. The molecule has 2 N–H and O–H groups in total. The summed E-state index contributed by atoms with van der Waals surface area (Å²) in [6.07, 6.45) is 3.18. The first-order valence-electron chi connectivity index (χ1n) is 7.46. The van der Waals surface area contributed by atoms with E-state index in [9.17, 15) is 5.11 Å². The molecule has 2 aliphatic rings. The van der Waals surface area contributed by atoms with E-state index in [1.165, 1.54) is 5.56 Å². The maximum atomic E-state index is 9.53. The highest BCUT2D eigenvalue weighted by Crippen LogP contribution is 2.40. The summed E-state index contributed by atoms with van der Waals surface area (Å²) < 4.78 is 10.7. The molecular formula is C16H22ClNO3. The van der Waals surface area contributed by atoms with E-state index in [-0.39, 0.29) is 18.1 Å². The minimum absolute atomic E-state index is 0.122. The lowest BCUT2D eigenvalue weighted by Gasteiger charge is -2.41. The third-order valence-electron chi connectivity index (χ3n) is 4.62. The number of hydrogen-bond acceptors (Lipinski definition) is 4. The Kier molecular flexibility index (Phi) is 4.41. The van der Waals surface area contributed by atoms with E-state index in [0.717, 1.165) is 42.1 Å². The molecule has 3 rings (SSSR count). The van der Waals surface area contributed by atoms with Crippen LogP contribution in [0.3, 0.4) is 0 Å². The van der Waals surface area contributed by atoms with Crippen molar-refractivity contribution in [1.29, 1.82) is 0 Å². The van der Waals surface area contributed by atoms with Crippen LogP contribution in [-0.4, -0.2) is 38.6 Å². The Hall–Kier alpha value is -0.810. The smallest absolute Gasteiger partial charge is 0.122 e. The van der Waals surface area contributed by atoms with Crippen LogP contribution < -0.4 is 10.1 Å². The van der Waals surface area contributed by atoms with Crippen molar-refractivity contribution in [1.82, 2.24) is 5.32 Å². The number of halogens is 1. The Morgan fingerprint density at radius 2 is 2.29 bits per heavy atom. The predicted molar refractivity (Wildman–Crippen MR) is 82.0 cm³/mol. The van der Waals surface area contributed by atoms with Gasteiger partial charge in [0.25, 0.3) is 0 Å². The Morgan fingerprint density at radius 1 is 1.48 bits per heavy atom. The molecule has 4 nitrogen and oxygen atoms in total. The molecule has 0 aromatic heterocycles. The number of methoxy groups -OCH3 is 1. The van der Waals surface area contributed by atoms with Crippen LogP contribution in [0.25, 0.3) is 0 Å². The standard InChI is InChI=1S/C16H22ClNO3/c1-20-14-6-5-12(17)15-11(14)3-2-4-13(15)18-7-16(8-19)9-21-10-16/h5-6,13,18-19H,2-4,7-10H2,1H3. The second-order valence-electron chi connectivity index (χ2n) is 6.12. The molecule has 1 saturated heterocycles. The molecule has 0 radical (unpaired) electrons. The molecule has 21 heavy (non-hydrogen) atoms. The first-order valence-corrected chi connectivity index (χ1v) is 7.84. The number of hydrogen-bond donors (Lipinski definition) is 2. The number of rotatable bonds is 5. The Morgan fingerprint density at radius 3 is 2.90 bits per heavy atom. The summed E-state index contributed by atoms with van der Waals surface area (Å²) >= 11 is 6.43. The van der Waals surface area contributed by atoms with E-state index in [2.05, 4.69) is 5.32 Å². The second-order valence-corrected chi connectivity index (χ2v) is 6.53. The van der Waals surface area contributed by atoms with Crippen LogP contribution in [0, 0.1) is 5.41 Å². The Bertz CT molecular complexity index is 511. The molecule has 0 spiro atoms. The highest BCUT2D eigenvalue weighted by Gasteiger charge is 2.39. The van der Waals surface area contributed by atoms with Gasteiger partial charge in [0.05, 0.1) is 32.3 Å². The second kappa shape index (κ2) is 6.13. The zero-order chi connectivity index (χ0) is 14.9. The number of benzene rings is 1. The van der Waals surface area contributed by atoms with Gasteiger partial charge in [0.2, 0.25) is 0 Å². The third kappa shape index (κ3) is 2.78. The summed E-state index contributed by atoms with van der Waals surface area (Å²) in [5, 5.41) is 13.9. The molecule has 116 valence electrons. The maximum absolute atomic E-state index is 9.53. The number of fused-ring (bicyclic) bond motifs is 1. The molecule has 1 aliphatic heterocycles. The van der Waals surface area contributed by atoms with Crippen molar-refractivity contribution in [2.45, 2.75) is 25.3 Å². The van der Waals surface area contributed by atoms with Gasteiger partial charge < -0.3 is 19.9 Å². The van der Waals surface area contributed by atoms with Crippen molar-refractivity contribution in [3.8, 4) is 5.75 Å². The molecule has 0 saturated carbocycles. The van der Waals surface area contributed by atoms with Gasteiger partial charge in [-0.2, -0.15) is 0 Å². The van der Waals surface area contributed by atoms with Gasteiger partial charge >= 0.3 is 0 Å². The fourth-order valence-corrected chi connectivity index (χ4v) is 3.56. The topological polar surface area (TPSA) is 50.7 Å². The van der Waals surface area contributed by atoms with Crippen LogP contribution in [0.4, 0.5) is 0 Å². The van der Waals surface area contributed by atoms with Crippen molar-refractivity contribution < 1.29 is 14.6 Å². The number of aliphatic hydroxyl groups excluding tert-OH is 1. The zero-order valence-electron chi connectivity index (χ0n) is 12.3. The molecule has 5 heteroatoms. The number of aliphatic hydroxyl groups is 1. The molecule has 1 aliphatic carbocycles. The molecule has 1 fully saturated rings. The monoisotopic (exact) mass is 311 g/mol. The molecule has 0 bridgehead atoms. The predicted octanol–water partition coefficient (Wildman–Crippen LogP) is 2.32. The van der Waals surface area contributed by atoms with Crippen LogP contribution in [0.5, 0.6) is 5.75 Å². The average Bonchev–Trinajstić information content (AvgIpc) is 2.47. The lowest BCUT2D eigenvalue weighted by molar-refractivity contribution is -0.135. The third-order valence-corrected chi connectivity index (χ3v) is 4.95. The van der Waals surface area contributed by atoms with E-state index < -0.39 is 0 Å². The maximum Gasteiger partial charge on any atom is 0.122 e. The van der Waals surface area contributed by atoms with Crippen molar-refractivity contribution in [3.05, 3.63) is 28.3 Å². The largest absolute Gasteiger partial charge is 0.496 e. The van der Waals surface area contributed by atoms with Crippen molar-refractivity contribution >= 4 is 11.6 Å². The minimum atomic E-state index is -0.122. The van der Waals surface area contributed by atoms with E-state index in [0.29, 0.717) is 13.2 Å². The van der Waals surface area contributed by atoms with E-state index in [1.54, 1.807) is 7.11 Å². The molecular weight excluding hydrogens is 290 g/mol. The van der Waals surface area contributed by atoms with Gasteiger partial charge in [-0.05, 0) is 37.0 Å². The minimum Gasteiger partial charge on any atom is -0.496 e. The number of ether oxygens (including phenoxy) is 2. The van der Waals surface area contributed by atoms with Crippen LogP contribution in [0.15, 0.2) is 12.1 Å². The summed E-state index contributed by atoms with van der Waals surface area (Å²) in [4.78, 5) is 0. The van der Waals surface area contributed by atoms with Crippen LogP contribution in [-0.2, 0) is 11.2 Å². The van der Waals surface area contributed by atoms with Gasteiger partial charge in [-0.1, -0.05) is 11.6 Å². The molecule has 1 atom stereocenters. The van der Waals surface area contributed by atoms with E-state index in [1.807, 2.05) is 12.1 Å². The van der Waals surface area contributed by atoms with Crippen molar-refractivity contribution in [3.63, 3.8) is 0 Å². The van der Waals surface area contributed by atoms with Crippen LogP contribution in [0.1, 0.15) is 30.0 Å². The summed E-state index contributed by atoms with van der Waals surface area (Å²) in [7, 11) is 1.70. The van der Waals surface area contributed by atoms with Crippen molar-refractivity contribution in [2.75, 3.05) is 33.5 Å². The average molecular weight is 312 g/mol. The first kappa shape index (κ1) is 15.1. The van der Waals surface area contributed by atoms with Gasteiger partial charge in [0, 0.05) is 23.2 Å². The van der Waals surface area contributed by atoms with Gasteiger partial charge in [-0.3, -0.25) is 0 Å². The zero-order valence-corrected chi connectivity index (χ0v) is 13.1. The van der Waals surface area contributed by atoms with Gasteiger partial charge in [-0.25, -0.2) is 0 Å². The molecule has 1 aromatic carbocycles. The van der Waals surface area contributed by atoms with Gasteiger partial charge in [0.1, 0.15) is 5.75 Å². The summed E-state index contributed by atoms with van der Waals surface area (Å²) in [5.74, 6) is 0.921. The SMILES string of the molecule is COc1ccc(Cl)c2c1CCCC2NCC1(CO)COC1. The normalized spacial score (nSPS) is 23.3. The lowest BCUT2D eigenvalue weighted by atomic mass is 9.84. The highest BCUT2D eigenvalue weighted by atomic mass is 35.5. The first-order chi connectivity index (χ1) is 10.2. The summed E-state index contributed by atoms with van der Waals surface area (Å²) in [6, 6.07) is 4.08. The van der Waals surface area contributed by atoms with Crippen molar-refractivity contribution in [2.24, 2.45) is 5.41 Å². The highest BCUT2D eigenvalue weighted by molar-refractivity contribution is 6.31. The molecule has 1 heterocycles. The fourth-order valence-electron chi connectivity index (χ4n) is 3.25. The molecule has 1 unspecified atom stereocenters. The lowest BCUT2D eigenvalue weighted by Crippen LogP contribution is -2.52. The van der Waals surface area contributed by atoms with E-state index >= 15 is 0 Å². The Labute approximate surface area is 130 Å². The van der Waals surface area contributed by atoms with Gasteiger partial charge in [-0.15, -0.1) is 0 Å². The summed E-state index contributed by atoms with van der Waals surface area (Å²) in [6.45, 7) is 2.16. The van der Waals surface area contributed by atoms with Crippen LogP contribution in [0.2, 0.25) is 5.02 Å². The van der Waals surface area contributed by atoms with E-state index in [4.69, 9.17) is 21.1 Å². The molecule has 0 amide bonds. The fraction of sp³-hybridized carbons (Fsp3) is 0.625. The van der Waals surface area contributed by atoms with Gasteiger partial charge in [0.15, 0.2) is 0 Å².